The lowest BCUT2D eigenvalue weighted by Crippen LogP contribution is -1.85. The maximum Gasteiger partial charge on any atom is 0.185 e. The van der Waals surface area contributed by atoms with E-state index in [1.165, 1.54) is 24.8 Å². The summed E-state index contributed by atoms with van der Waals surface area (Å²) in [5, 5.41) is 8.67. The van der Waals surface area contributed by atoms with E-state index in [-0.39, 0.29) is 5.12 Å². The number of carbonyl (C=O) groups excluding carboxylic acids is 1. The number of nitrogens with zero attached hydrogens (tertiary/aromatic N) is 1. The second kappa shape index (κ2) is 6.87. The van der Waals surface area contributed by atoms with Crippen LogP contribution in [0.15, 0.2) is 24.3 Å². The van der Waals surface area contributed by atoms with Gasteiger partial charge in [-0.1, -0.05) is 30.0 Å². The lowest BCUT2D eigenvalue weighted by atomic mass is 10.1. The first-order chi connectivity index (χ1) is 8.13. The molecule has 1 rings (SSSR count). The standard InChI is InChI=1S/C13H12FNOS/c1-10(16)17-7-3-2-4-12-6-5-11(9-15)8-13(12)14/h2,4-6,8H,3,7H2,1H3. The Labute approximate surface area is 104 Å². The van der Waals surface area contributed by atoms with Gasteiger partial charge in [-0.3, -0.25) is 4.79 Å². The summed E-state index contributed by atoms with van der Waals surface area (Å²) in [6.45, 7) is 1.52. The Morgan fingerprint density at radius 3 is 2.94 bits per heavy atom. The Kier molecular flexibility index (Phi) is 5.44. The molecule has 17 heavy (non-hydrogen) atoms. The van der Waals surface area contributed by atoms with Gasteiger partial charge in [0.2, 0.25) is 0 Å². The van der Waals surface area contributed by atoms with Crippen LogP contribution in [-0.2, 0) is 4.79 Å². The molecule has 0 fully saturated rings. The van der Waals surface area contributed by atoms with Crippen LogP contribution in [0.3, 0.4) is 0 Å². The summed E-state index contributed by atoms with van der Waals surface area (Å²) >= 11 is 1.25. The van der Waals surface area contributed by atoms with Crippen molar-refractivity contribution >= 4 is 23.0 Å². The topological polar surface area (TPSA) is 40.9 Å². The molecule has 2 nitrogen and oxygen atoms in total. The van der Waals surface area contributed by atoms with Gasteiger partial charge >= 0.3 is 0 Å². The summed E-state index contributed by atoms with van der Waals surface area (Å²) in [5.41, 5.74) is 0.767. The zero-order valence-corrected chi connectivity index (χ0v) is 10.3. The van der Waals surface area contributed by atoms with E-state index in [0.29, 0.717) is 23.3 Å². The molecule has 88 valence electrons. The van der Waals surface area contributed by atoms with Gasteiger partial charge in [0.1, 0.15) is 5.82 Å². The van der Waals surface area contributed by atoms with Crippen molar-refractivity contribution < 1.29 is 9.18 Å². The minimum absolute atomic E-state index is 0.0861. The lowest BCUT2D eigenvalue weighted by molar-refractivity contribution is -0.109. The Bertz CT molecular complexity index is 477. The quantitative estimate of drug-likeness (QED) is 0.768. The van der Waals surface area contributed by atoms with E-state index < -0.39 is 5.82 Å². The molecule has 0 saturated carbocycles. The number of allylic oxidation sites excluding steroid dienone is 1. The average molecular weight is 249 g/mol. The van der Waals surface area contributed by atoms with Crippen LogP contribution in [0.2, 0.25) is 0 Å². The largest absolute Gasteiger partial charge is 0.288 e. The van der Waals surface area contributed by atoms with Crippen molar-refractivity contribution in [1.29, 1.82) is 5.26 Å². The third-order valence-corrected chi connectivity index (χ3v) is 2.86. The van der Waals surface area contributed by atoms with Gasteiger partial charge in [-0.05, 0) is 18.6 Å². The fourth-order valence-electron chi connectivity index (χ4n) is 1.21. The monoisotopic (exact) mass is 249 g/mol. The fraction of sp³-hybridized carbons (Fsp3) is 0.231. The Balaban J connectivity index is 2.54. The minimum atomic E-state index is -0.403. The maximum absolute atomic E-state index is 13.4. The van der Waals surface area contributed by atoms with Gasteiger partial charge in [0.15, 0.2) is 5.12 Å². The van der Waals surface area contributed by atoms with Crippen LogP contribution in [0.5, 0.6) is 0 Å². The SMILES string of the molecule is CC(=O)SCCC=Cc1ccc(C#N)cc1F. The van der Waals surface area contributed by atoms with Gasteiger partial charge in [0.25, 0.3) is 0 Å². The average Bonchev–Trinajstić information content (AvgIpc) is 2.30. The van der Waals surface area contributed by atoms with Crippen molar-refractivity contribution in [2.24, 2.45) is 0 Å². The number of nitriles is 1. The first kappa shape index (κ1) is 13.5. The highest BCUT2D eigenvalue weighted by Crippen LogP contribution is 2.12. The van der Waals surface area contributed by atoms with Gasteiger partial charge in [0.05, 0.1) is 11.6 Å². The van der Waals surface area contributed by atoms with Crippen molar-refractivity contribution in [2.75, 3.05) is 5.75 Å². The van der Waals surface area contributed by atoms with Crippen LogP contribution in [0.4, 0.5) is 4.39 Å². The van der Waals surface area contributed by atoms with E-state index in [2.05, 4.69) is 0 Å². The van der Waals surface area contributed by atoms with Gasteiger partial charge in [0, 0.05) is 18.2 Å². The molecule has 0 aliphatic heterocycles. The van der Waals surface area contributed by atoms with Crippen molar-refractivity contribution in [3.63, 3.8) is 0 Å². The highest BCUT2D eigenvalue weighted by atomic mass is 32.2. The van der Waals surface area contributed by atoms with Crippen LogP contribution in [0.25, 0.3) is 6.08 Å². The molecule has 0 saturated heterocycles. The van der Waals surface area contributed by atoms with Gasteiger partial charge in [-0.15, -0.1) is 0 Å². The van der Waals surface area contributed by atoms with Crippen molar-refractivity contribution in [2.45, 2.75) is 13.3 Å². The molecule has 0 heterocycles. The van der Waals surface area contributed by atoms with Crippen molar-refractivity contribution in [1.82, 2.24) is 0 Å². The van der Waals surface area contributed by atoms with E-state index in [1.807, 2.05) is 12.1 Å². The maximum atomic E-state index is 13.4. The first-order valence-corrected chi connectivity index (χ1v) is 6.11. The second-order valence-electron chi connectivity index (χ2n) is 3.38. The smallest absolute Gasteiger partial charge is 0.185 e. The normalized spacial score (nSPS) is 10.4. The van der Waals surface area contributed by atoms with Gasteiger partial charge in [-0.2, -0.15) is 5.26 Å². The van der Waals surface area contributed by atoms with Crippen LogP contribution in [-0.4, -0.2) is 10.9 Å². The van der Waals surface area contributed by atoms with E-state index >= 15 is 0 Å². The second-order valence-corrected chi connectivity index (χ2v) is 4.65. The molecular formula is C13H12FNOS. The summed E-state index contributed by atoms with van der Waals surface area (Å²) in [6, 6.07) is 6.24. The molecule has 0 aliphatic rings. The minimum Gasteiger partial charge on any atom is -0.288 e. The van der Waals surface area contributed by atoms with Crippen LogP contribution < -0.4 is 0 Å². The highest BCUT2D eigenvalue weighted by Gasteiger charge is 1.99. The predicted molar refractivity (Wildman–Crippen MR) is 67.9 cm³/mol. The van der Waals surface area contributed by atoms with E-state index in [1.54, 1.807) is 18.2 Å². The lowest BCUT2D eigenvalue weighted by Gasteiger charge is -1.97. The molecule has 0 aromatic heterocycles. The van der Waals surface area contributed by atoms with Crippen LogP contribution >= 0.6 is 11.8 Å². The van der Waals surface area contributed by atoms with Crippen molar-refractivity contribution in [3.05, 3.63) is 41.2 Å². The van der Waals surface area contributed by atoms with Gasteiger partial charge in [-0.25, -0.2) is 4.39 Å². The number of hydrogen-bond donors (Lipinski definition) is 0. The van der Waals surface area contributed by atoms with E-state index in [4.69, 9.17) is 5.26 Å². The molecular weight excluding hydrogens is 237 g/mol. The van der Waals surface area contributed by atoms with Crippen molar-refractivity contribution in [3.8, 4) is 6.07 Å². The molecule has 1 aromatic rings. The zero-order valence-electron chi connectivity index (χ0n) is 9.44. The molecule has 0 atom stereocenters. The molecule has 0 spiro atoms. The molecule has 4 heteroatoms. The van der Waals surface area contributed by atoms with Gasteiger partial charge < -0.3 is 0 Å². The highest BCUT2D eigenvalue weighted by molar-refractivity contribution is 8.13. The Morgan fingerprint density at radius 1 is 1.59 bits per heavy atom. The number of rotatable bonds is 4. The molecule has 0 unspecified atom stereocenters. The summed E-state index contributed by atoms with van der Waals surface area (Å²) < 4.78 is 13.4. The molecule has 0 amide bonds. The first-order valence-electron chi connectivity index (χ1n) is 5.13. The summed E-state index contributed by atoms with van der Waals surface area (Å²) in [7, 11) is 0. The summed E-state index contributed by atoms with van der Waals surface area (Å²) in [5.74, 6) is 0.295. The Morgan fingerprint density at radius 2 is 2.35 bits per heavy atom. The molecule has 0 N–H and O–H groups in total. The number of hydrogen-bond acceptors (Lipinski definition) is 3. The molecule has 0 bridgehead atoms. The Hall–Kier alpha value is -1.60. The number of carbonyl (C=O) groups is 1. The number of thioether (sulfide) groups is 1. The predicted octanol–water partition coefficient (Wildman–Crippen LogP) is 3.38. The molecule has 1 aromatic carbocycles. The molecule has 0 aliphatic carbocycles. The molecule has 0 radical (unpaired) electrons. The summed E-state index contributed by atoms with van der Waals surface area (Å²) in [6.07, 6.45) is 4.20. The fourth-order valence-corrected chi connectivity index (χ4v) is 1.75. The van der Waals surface area contributed by atoms with Crippen LogP contribution in [0, 0.1) is 17.1 Å². The van der Waals surface area contributed by atoms with Crippen LogP contribution in [0.1, 0.15) is 24.5 Å². The third kappa shape index (κ3) is 4.83. The van der Waals surface area contributed by atoms with E-state index in [9.17, 15) is 9.18 Å². The van der Waals surface area contributed by atoms with E-state index in [0.717, 1.165) is 0 Å². The third-order valence-electron chi connectivity index (χ3n) is 2.02. The number of halogens is 1. The summed E-state index contributed by atoms with van der Waals surface area (Å²) in [4.78, 5) is 10.6. The number of benzene rings is 1. The zero-order chi connectivity index (χ0) is 12.7.